The molecule has 7 nitrogen and oxygen atoms in total. The number of ether oxygens (including phenoxy) is 1. The molecule has 1 N–H and O–H groups in total. The second kappa shape index (κ2) is 9.38. The fourth-order valence-electron chi connectivity index (χ4n) is 2.80. The third kappa shape index (κ3) is 5.03. The number of amidine groups is 1. The molecule has 0 saturated carbocycles. The Morgan fingerprint density at radius 3 is 2.48 bits per heavy atom. The lowest BCUT2D eigenvalue weighted by molar-refractivity contribution is -0.129. The number of para-hydroxylation sites is 1. The fourth-order valence-corrected chi connectivity index (χ4v) is 3.96. The number of esters is 1. The van der Waals surface area contributed by atoms with Gasteiger partial charge in [0.1, 0.15) is 5.25 Å². The van der Waals surface area contributed by atoms with Gasteiger partial charge < -0.3 is 10.1 Å². The molecule has 1 aliphatic rings. The van der Waals surface area contributed by atoms with E-state index in [1.54, 1.807) is 29.2 Å². The van der Waals surface area contributed by atoms with E-state index in [4.69, 9.17) is 0 Å². The lowest BCUT2D eigenvalue weighted by Crippen LogP contribution is -2.45. The Labute approximate surface area is 173 Å². The number of anilines is 1. The van der Waals surface area contributed by atoms with Crippen molar-refractivity contribution in [1.82, 2.24) is 4.90 Å². The molecule has 1 aliphatic heterocycles. The average Bonchev–Trinajstić information content (AvgIpc) is 2.74. The number of nitrogens with zero attached hydrogens (tertiary/aromatic N) is 2. The zero-order valence-corrected chi connectivity index (χ0v) is 16.9. The molecule has 3 rings (SSSR count). The SMILES string of the molecule is CCN1C(=O)C[C@H](C(=O)Nc2ccc(C(=O)OC)cc2)SC1=Nc1ccccc1. The Hall–Kier alpha value is -3.13. The molecule has 2 amide bonds. The topological polar surface area (TPSA) is 88.1 Å². The van der Waals surface area contributed by atoms with Crippen LogP contribution in [0.3, 0.4) is 0 Å². The summed E-state index contributed by atoms with van der Waals surface area (Å²) >= 11 is 1.27. The van der Waals surface area contributed by atoms with Crippen molar-refractivity contribution in [1.29, 1.82) is 0 Å². The number of hydrogen-bond acceptors (Lipinski definition) is 6. The van der Waals surface area contributed by atoms with Gasteiger partial charge in [-0.15, -0.1) is 0 Å². The number of amides is 2. The summed E-state index contributed by atoms with van der Waals surface area (Å²) in [7, 11) is 1.31. The molecule has 1 atom stereocenters. The zero-order chi connectivity index (χ0) is 20.8. The van der Waals surface area contributed by atoms with Gasteiger partial charge in [-0.05, 0) is 43.3 Å². The van der Waals surface area contributed by atoms with E-state index < -0.39 is 11.2 Å². The Morgan fingerprint density at radius 2 is 1.86 bits per heavy atom. The minimum absolute atomic E-state index is 0.0956. The van der Waals surface area contributed by atoms with Crippen molar-refractivity contribution < 1.29 is 19.1 Å². The van der Waals surface area contributed by atoms with E-state index in [2.05, 4.69) is 15.0 Å². The largest absolute Gasteiger partial charge is 0.465 e. The number of benzene rings is 2. The Bertz CT molecular complexity index is 929. The van der Waals surface area contributed by atoms with E-state index >= 15 is 0 Å². The molecule has 2 aromatic rings. The van der Waals surface area contributed by atoms with E-state index in [9.17, 15) is 14.4 Å². The normalized spacial score (nSPS) is 17.9. The van der Waals surface area contributed by atoms with Crippen LogP contribution in [-0.2, 0) is 14.3 Å². The second-order valence-corrected chi connectivity index (χ2v) is 7.41. The first-order chi connectivity index (χ1) is 14.0. The smallest absolute Gasteiger partial charge is 0.337 e. The van der Waals surface area contributed by atoms with E-state index in [1.165, 1.54) is 18.9 Å². The van der Waals surface area contributed by atoms with Crippen LogP contribution in [0.4, 0.5) is 11.4 Å². The minimum atomic E-state index is -0.590. The summed E-state index contributed by atoms with van der Waals surface area (Å²) < 4.78 is 4.66. The summed E-state index contributed by atoms with van der Waals surface area (Å²) in [4.78, 5) is 42.9. The highest BCUT2D eigenvalue weighted by molar-refractivity contribution is 8.15. The van der Waals surface area contributed by atoms with Crippen molar-refractivity contribution in [2.24, 2.45) is 4.99 Å². The third-order valence-electron chi connectivity index (χ3n) is 4.30. The highest BCUT2D eigenvalue weighted by atomic mass is 32.2. The number of methoxy groups -OCH3 is 1. The van der Waals surface area contributed by atoms with Crippen LogP contribution >= 0.6 is 11.8 Å². The first-order valence-corrected chi connectivity index (χ1v) is 9.99. The molecule has 1 saturated heterocycles. The van der Waals surface area contributed by atoms with Crippen LogP contribution in [-0.4, -0.2) is 46.8 Å². The van der Waals surface area contributed by atoms with Crippen molar-refractivity contribution in [3.63, 3.8) is 0 Å². The van der Waals surface area contributed by atoms with Crippen molar-refractivity contribution in [2.75, 3.05) is 19.0 Å². The average molecular weight is 411 g/mol. The monoisotopic (exact) mass is 411 g/mol. The summed E-state index contributed by atoms with van der Waals surface area (Å²) in [5, 5.41) is 2.72. The van der Waals surface area contributed by atoms with E-state index in [1.807, 2.05) is 37.3 Å². The van der Waals surface area contributed by atoms with Gasteiger partial charge in [-0.3, -0.25) is 14.5 Å². The van der Waals surface area contributed by atoms with Gasteiger partial charge in [-0.25, -0.2) is 9.79 Å². The highest BCUT2D eigenvalue weighted by Gasteiger charge is 2.35. The van der Waals surface area contributed by atoms with Gasteiger partial charge in [0, 0.05) is 18.7 Å². The fraction of sp³-hybridized carbons (Fsp3) is 0.238. The van der Waals surface area contributed by atoms with E-state index in [-0.39, 0.29) is 18.2 Å². The summed E-state index contributed by atoms with van der Waals surface area (Å²) in [5.74, 6) is -0.870. The number of thioether (sulfide) groups is 1. The molecule has 0 spiro atoms. The molecule has 1 fully saturated rings. The number of rotatable bonds is 5. The lowest BCUT2D eigenvalue weighted by atomic mass is 10.2. The van der Waals surface area contributed by atoms with Gasteiger partial charge in [0.15, 0.2) is 5.17 Å². The van der Waals surface area contributed by atoms with Gasteiger partial charge in [0.25, 0.3) is 0 Å². The predicted octanol–water partition coefficient (Wildman–Crippen LogP) is 3.45. The molecular formula is C21H21N3O4S. The molecule has 1 heterocycles. The Kier molecular flexibility index (Phi) is 6.66. The van der Waals surface area contributed by atoms with Crippen molar-refractivity contribution in [2.45, 2.75) is 18.6 Å². The van der Waals surface area contributed by atoms with Gasteiger partial charge in [-0.2, -0.15) is 0 Å². The number of carbonyl (C=O) groups is 3. The molecule has 0 radical (unpaired) electrons. The van der Waals surface area contributed by atoms with Gasteiger partial charge in [-0.1, -0.05) is 30.0 Å². The minimum Gasteiger partial charge on any atom is -0.465 e. The number of nitrogens with one attached hydrogen (secondary N) is 1. The standard InChI is InChI=1S/C21H21N3O4S/c1-3-24-18(25)13-17(29-21(24)23-15-7-5-4-6-8-15)19(26)22-16-11-9-14(10-12-16)20(27)28-2/h4-12,17H,3,13H2,1-2H3,(H,22,26)/t17-/m1/s1. The molecule has 29 heavy (non-hydrogen) atoms. The molecule has 2 aromatic carbocycles. The van der Waals surface area contributed by atoms with E-state index in [0.717, 1.165) is 5.69 Å². The summed E-state index contributed by atoms with van der Waals surface area (Å²) in [6.45, 7) is 2.36. The van der Waals surface area contributed by atoms with Gasteiger partial charge in [0.2, 0.25) is 11.8 Å². The van der Waals surface area contributed by atoms with Crippen molar-refractivity contribution >= 4 is 46.1 Å². The van der Waals surface area contributed by atoms with Gasteiger partial charge in [0.05, 0.1) is 18.4 Å². The van der Waals surface area contributed by atoms with Crippen LogP contribution in [0.1, 0.15) is 23.7 Å². The quantitative estimate of drug-likeness (QED) is 0.762. The molecule has 0 aliphatic carbocycles. The maximum atomic E-state index is 12.7. The summed E-state index contributed by atoms with van der Waals surface area (Å²) in [6, 6.07) is 15.7. The van der Waals surface area contributed by atoms with Crippen LogP contribution in [0.25, 0.3) is 0 Å². The maximum Gasteiger partial charge on any atom is 0.337 e. The van der Waals surface area contributed by atoms with Crippen LogP contribution in [0.2, 0.25) is 0 Å². The molecule has 0 bridgehead atoms. The summed E-state index contributed by atoms with van der Waals surface area (Å²) in [5.41, 5.74) is 1.65. The third-order valence-corrected chi connectivity index (χ3v) is 5.49. The molecule has 0 aromatic heterocycles. The first kappa shape index (κ1) is 20.6. The molecule has 150 valence electrons. The van der Waals surface area contributed by atoms with Crippen molar-refractivity contribution in [3.8, 4) is 0 Å². The number of hydrogen-bond donors (Lipinski definition) is 1. The maximum absolute atomic E-state index is 12.7. The molecular weight excluding hydrogens is 390 g/mol. The van der Waals surface area contributed by atoms with Crippen LogP contribution < -0.4 is 5.32 Å². The highest BCUT2D eigenvalue weighted by Crippen LogP contribution is 2.29. The zero-order valence-electron chi connectivity index (χ0n) is 16.1. The number of carbonyl (C=O) groups excluding carboxylic acids is 3. The van der Waals surface area contributed by atoms with Crippen LogP contribution in [0, 0.1) is 0 Å². The van der Waals surface area contributed by atoms with Gasteiger partial charge >= 0.3 is 5.97 Å². The van der Waals surface area contributed by atoms with Crippen LogP contribution in [0.15, 0.2) is 59.6 Å². The summed E-state index contributed by atoms with van der Waals surface area (Å²) in [6.07, 6.45) is 0.0956. The van der Waals surface area contributed by atoms with Crippen LogP contribution in [0.5, 0.6) is 0 Å². The number of aliphatic imine (C=N–C) groups is 1. The first-order valence-electron chi connectivity index (χ1n) is 9.11. The Balaban J connectivity index is 1.74. The van der Waals surface area contributed by atoms with Crippen molar-refractivity contribution in [3.05, 3.63) is 60.2 Å². The second-order valence-electron chi connectivity index (χ2n) is 6.24. The Morgan fingerprint density at radius 1 is 1.17 bits per heavy atom. The molecule has 8 heteroatoms. The lowest BCUT2D eigenvalue weighted by Gasteiger charge is -2.30. The van der Waals surface area contributed by atoms with E-state index in [0.29, 0.717) is 23.0 Å². The predicted molar refractivity (Wildman–Crippen MR) is 113 cm³/mol. The molecule has 0 unspecified atom stereocenters.